The van der Waals surface area contributed by atoms with Gasteiger partial charge >= 0.3 is 0 Å². The van der Waals surface area contributed by atoms with Crippen molar-refractivity contribution in [2.45, 2.75) is 26.4 Å². The fourth-order valence-electron chi connectivity index (χ4n) is 5.29. The quantitative estimate of drug-likeness (QED) is 0.240. The van der Waals surface area contributed by atoms with Gasteiger partial charge in [-0.15, -0.1) is 0 Å². The molecule has 6 aromatic rings. The summed E-state index contributed by atoms with van der Waals surface area (Å²) in [5, 5.41) is 5.37. The van der Waals surface area contributed by atoms with Gasteiger partial charge < -0.3 is 14.6 Å². The first-order chi connectivity index (χ1) is 20.4. The number of rotatable bonds is 7. The van der Waals surface area contributed by atoms with Crippen LogP contribution in [0.25, 0.3) is 27.5 Å². The molecule has 1 unspecified atom stereocenters. The third kappa shape index (κ3) is 4.90. The van der Waals surface area contributed by atoms with Gasteiger partial charge in [0.15, 0.2) is 5.43 Å². The highest BCUT2D eigenvalue weighted by molar-refractivity contribution is 6.35. The summed E-state index contributed by atoms with van der Waals surface area (Å²) in [5.74, 6) is 1.16. The molecule has 0 saturated carbocycles. The molecular weight excluding hydrogens is 550 g/mol. The topological polar surface area (TPSA) is 91.0 Å². The maximum atomic E-state index is 13.9. The van der Waals surface area contributed by atoms with E-state index in [1.807, 2.05) is 90.5 Å². The van der Waals surface area contributed by atoms with Crippen molar-refractivity contribution >= 4 is 39.2 Å². The molecule has 210 valence electrons. The maximum absolute atomic E-state index is 13.9. The predicted octanol–water partition coefficient (Wildman–Crippen LogP) is 6.29. The van der Waals surface area contributed by atoms with Crippen LogP contribution in [0.2, 0.25) is 5.02 Å². The Labute approximate surface area is 246 Å². The predicted molar refractivity (Wildman–Crippen MR) is 167 cm³/mol. The Kier molecular flexibility index (Phi) is 7.22. The van der Waals surface area contributed by atoms with Crippen LogP contribution in [0.15, 0.2) is 101 Å². The van der Waals surface area contributed by atoms with Crippen LogP contribution in [0.3, 0.4) is 0 Å². The van der Waals surface area contributed by atoms with Crippen molar-refractivity contribution in [2.24, 2.45) is 0 Å². The molecule has 3 aromatic heterocycles. The number of ether oxygens (including phenoxy) is 1. The van der Waals surface area contributed by atoms with E-state index >= 15 is 0 Å². The number of nitrogens with one attached hydrogen (secondary N) is 1. The Morgan fingerprint density at radius 2 is 1.71 bits per heavy atom. The molecule has 0 amide bonds. The van der Waals surface area contributed by atoms with Crippen molar-refractivity contribution < 1.29 is 4.74 Å². The van der Waals surface area contributed by atoms with Gasteiger partial charge in [0.1, 0.15) is 28.9 Å². The molecule has 8 nitrogen and oxygen atoms in total. The lowest BCUT2D eigenvalue weighted by molar-refractivity contribution is 0.414. The van der Waals surface area contributed by atoms with E-state index in [0.717, 1.165) is 16.7 Å². The number of pyridine rings is 2. The Bertz CT molecular complexity index is 2050. The summed E-state index contributed by atoms with van der Waals surface area (Å²) >= 11 is 6.48. The number of anilines is 1. The Hall–Kier alpha value is -4.95. The maximum Gasteiger partial charge on any atom is 0.264 e. The van der Waals surface area contributed by atoms with Crippen molar-refractivity contribution in [1.82, 2.24) is 19.1 Å². The molecule has 42 heavy (non-hydrogen) atoms. The Morgan fingerprint density at radius 1 is 0.952 bits per heavy atom. The first kappa shape index (κ1) is 27.2. The highest BCUT2D eigenvalue weighted by Crippen LogP contribution is 2.28. The minimum absolute atomic E-state index is 0.156. The molecule has 3 heterocycles. The molecule has 0 radical (unpaired) electrons. The van der Waals surface area contributed by atoms with Crippen molar-refractivity contribution in [3.05, 3.63) is 134 Å². The molecule has 0 spiro atoms. The Morgan fingerprint density at radius 3 is 2.45 bits per heavy atom. The summed E-state index contributed by atoms with van der Waals surface area (Å²) in [6.45, 7) is 4.23. The van der Waals surface area contributed by atoms with Gasteiger partial charge in [0, 0.05) is 29.7 Å². The minimum atomic E-state index is -0.422. The molecule has 3 aromatic carbocycles. The normalized spacial score (nSPS) is 12.0. The molecule has 1 atom stereocenters. The second-order valence-electron chi connectivity index (χ2n) is 10.2. The third-order valence-electron chi connectivity index (χ3n) is 7.38. The molecule has 0 aliphatic carbocycles. The lowest BCUT2D eigenvalue weighted by atomic mass is 10.1. The van der Waals surface area contributed by atoms with E-state index in [1.54, 1.807) is 24.7 Å². The van der Waals surface area contributed by atoms with Crippen LogP contribution in [-0.2, 0) is 6.54 Å². The van der Waals surface area contributed by atoms with Gasteiger partial charge in [-0.25, -0.2) is 9.97 Å². The smallest absolute Gasteiger partial charge is 0.264 e. The van der Waals surface area contributed by atoms with Crippen LogP contribution in [-0.4, -0.2) is 26.2 Å². The highest BCUT2D eigenvalue weighted by atomic mass is 35.5. The molecule has 0 aliphatic heterocycles. The first-order valence-electron chi connectivity index (χ1n) is 13.5. The van der Waals surface area contributed by atoms with Gasteiger partial charge in [-0.05, 0) is 61.2 Å². The summed E-state index contributed by atoms with van der Waals surface area (Å²) in [4.78, 5) is 36.3. The molecule has 0 aliphatic rings. The monoisotopic (exact) mass is 577 g/mol. The summed E-state index contributed by atoms with van der Waals surface area (Å²) in [7, 11) is 1.63. The number of nitrogens with zero attached hydrogens (tertiary/aromatic N) is 4. The SMILES string of the molecule is COc1ccc(Cn2cc(C)c(=O)c3c(NC(C)c4cc5cccc(Cl)c5c(=O)n4-c4ccccc4)ncnc32)cc1. The molecule has 1 N–H and O–H groups in total. The average Bonchev–Trinajstić information content (AvgIpc) is 3.00. The van der Waals surface area contributed by atoms with Crippen LogP contribution in [0.1, 0.15) is 29.8 Å². The zero-order valence-corrected chi connectivity index (χ0v) is 24.1. The zero-order valence-electron chi connectivity index (χ0n) is 23.3. The van der Waals surface area contributed by atoms with Gasteiger partial charge in [-0.2, -0.15) is 0 Å². The van der Waals surface area contributed by atoms with E-state index in [4.69, 9.17) is 16.3 Å². The van der Waals surface area contributed by atoms with Crippen LogP contribution in [0.4, 0.5) is 5.82 Å². The van der Waals surface area contributed by atoms with Crippen molar-refractivity contribution in [2.75, 3.05) is 12.4 Å². The van der Waals surface area contributed by atoms with Gasteiger partial charge in [0.2, 0.25) is 0 Å². The van der Waals surface area contributed by atoms with E-state index in [1.165, 1.54) is 6.33 Å². The molecule has 0 saturated heterocycles. The van der Waals surface area contributed by atoms with Gasteiger partial charge in [-0.1, -0.05) is 54.1 Å². The lowest BCUT2D eigenvalue weighted by Crippen LogP contribution is -2.26. The van der Waals surface area contributed by atoms with Gasteiger partial charge in [0.05, 0.1) is 23.6 Å². The third-order valence-corrected chi connectivity index (χ3v) is 7.70. The molecule has 0 bridgehead atoms. The second kappa shape index (κ2) is 11.1. The van der Waals surface area contributed by atoms with Crippen LogP contribution in [0, 0.1) is 6.92 Å². The molecular formula is C33H28ClN5O3. The number of aromatic nitrogens is 4. The minimum Gasteiger partial charge on any atom is -0.497 e. The summed E-state index contributed by atoms with van der Waals surface area (Å²) in [6.07, 6.45) is 3.26. The van der Waals surface area contributed by atoms with Gasteiger partial charge in [-0.3, -0.25) is 14.2 Å². The second-order valence-corrected chi connectivity index (χ2v) is 10.6. The standard InChI is InChI=1S/C33H28ClN5O3/c1-20-17-38(18-22-12-14-25(42-3)15-13-22)32-29(30(20)40)31(35-19-36-32)37-21(2)27-16-23-8-7-11-26(34)28(23)33(41)39(27)24-9-5-4-6-10-24/h4-17,19,21H,18H2,1-3H3,(H,35,36,37). The van der Waals surface area contributed by atoms with Crippen molar-refractivity contribution in [3.8, 4) is 11.4 Å². The van der Waals surface area contributed by atoms with Crippen LogP contribution in [0.5, 0.6) is 5.75 Å². The number of benzene rings is 3. The number of hydrogen-bond donors (Lipinski definition) is 1. The number of halogens is 1. The van der Waals surface area contributed by atoms with E-state index in [0.29, 0.717) is 50.7 Å². The molecule has 6 rings (SSSR count). The largest absolute Gasteiger partial charge is 0.497 e. The zero-order chi connectivity index (χ0) is 29.4. The highest BCUT2D eigenvalue weighted by Gasteiger charge is 2.20. The number of methoxy groups -OCH3 is 1. The van der Waals surface area contributed by atoms with E-state index in [9.17, 15) is 9.59 Å². The van der Waals surface area contributed by atoms with Crippen molar-refractivity contribution in [1.29, 1.82) is 0 Å². The fraction of sp³-hybridized carbons (Fsp3) is 0.152. The number of hydrogen-bond acceptors (Lipinski definition) is 6. The first-order valence-corrected chi connectivity index (χ1v) is 13.9. The number of aryl methyl sites for hydroxylation is 1. The van der Waals surface area contributed by atoms with E-state index in [-0.39, 0.29) is 11.0 Å². The molecule has 0 fully saturated rings. The van der Waals surface area contributed by atoms with Crippen molar-refractivity contribution in [3.63, 3.8) is 0 Å². The summed E-state index contributed by atoms with van der Waals surface area (Å²) < 4.78 is 8.89. The number of fused-ring (bicyclic) bond motifs is 2. The van der Waals surface area contributed by atoms with E-state index < -0.39 is 6.04 Å². The average molecular weight is 578 g/mol. The van der Waals surface area contributed by atoms with Gasteiger partial charge in [0.25, 0.3) is 5.56 Å². The lowest BCUT2D eigenvalue weighted by Gasteiger charge is -2.22. The Balaban J connectivity index is 1.47. The van der Waals surface area contributed by atoms with Crippen LogP contribution >= 0.6 is 11.6 Å². The summed E-state index contributed by atoms with van der Waals surface area (Å²) in [6, 6.07) is 24.1. The molecule has 9 heteroatoms. The van der Waals surface area contributed by atoms with E-state index in [2.05, 4.69) is 15.3 Å². The summed E-state index contributed by atoms with van der Waals surface area (Å²) in [5.41, 5.74) is 3.13. The fourth-order valence-corrected chi connectivity index (χ4v) is 5.55. The number of para-hydroxylation sites is 1. The van der Waals surface area contributed by atoms with Crippen LogP contribution < -0.4 is 21.0 Å².